The van der Waals surface area contributed by atoms with Crippen molar-refractivity contribution in [1.82, 2.24) is 4.90 Å². The first-order valence-electron chi connectivity index (χ1n) is 8.59. The summed E-state index contributed by atoms with van der Waals surface area (Å²) >= 11 is 0. The first-order chi connectivity index (χ1) is 12.9. The van der Waals surface area contributed by atoms with Crippen LogP contribution >= 0.6 is 0 Å². The highest BCUT2D eigenvalue weighted by molar-refractivity contribution is 5.95. The zero-order chi connectivity index (χ0) is 19.6. The highest BCUT2D eigenvalue weighted by Crippen LogP contribution is 2.23. The molecule has 1 aliphatic rings. The number of halogens is 2. The van der Waals surface area contributed by atoms with E-state index in [9.17, 15) is 18.4 Å². The number of methoxy groups -OCH3 is 1. The van der Waals surface area contributed by atoms with Crippen molar-refractivity contribution in [2.24, 2.45) is 0 Å². The molecule has 2 aromatic carbocycles. The number of ether oxygens (including phenoxy) is 1. The van der Waals surface area contributed by atoms with Gasteiger partial charge in [0.1, 0.15) is 5.82 Å². The summed E-state index contributed by atoms with van der Waals surface area (Å²) in [5.74, 6) is -1.43. The molecule has 1 amide bonds. The number of nitrogens with zero attached hydrogens (tertiary/aromatic N) is 2. The van der Waals surface area contributed by atoms with Gasteiger partial charge in [0, 0.05) is 37.3 Å². The lowest BCUT2D eigenvalue weighted by atomic mass is 10.1. The van der Waals surface area contributed by atoms with E-state index in [-0.39, 0.29) is 23.0 Å². The number of Topliss-reactive ketones (excluding diaryl/α,β-unsaturated/α-hetero) is 1. The molecule has 0 spiro atoms. The number of rotatable bonds is 4. The quantitative estimate of drug-likeness (QED) is 0.772. The molecule has 0 unspecified atom stereocenters. The van der Waals surface area contributed by atoms with Crippen molar-refractivity contribution < 1.29 is 23.1 Å². The molecule has 1 heterocycles. The highest BCUT2D eigenvalue weighted by atomic mass is 19.1. The Morgan fingerprint density at radius 2 is 1.56 bits per heavy atom. The SMILES string of the molecule is COc1ccc(C(=O)N2CCN(c3ccc(C(C)=O)cc3F)CC2)cc1F. The maximum absolute atomic E-state index is 14.3. The van der Waals surface area contributed by atoms with Gasteiger partial charge >= 0.3 is 0 Å². The standard InChI is InChI=1S/C20H20F2N2O3/c1-13(25)14-3-5-18(16(21)11-14)23-7-9-24(10-8-23)20(26)15-4-6-19(27-2)17(22)12-15/h3-6,11-12H,7-10H2,1-2H3. The van der Waals surface area contributed by atoms with Gasteiger partial charge < -0.3 is 14.5 Å². The van der Waals surface area contributed by atoms with E-state index in [0.29, 0.717) is 37.4 Å². The van der Waals surface area contributed by atoms with Crippen LogP contribution in [0.3, 0.4) is 0 Å². The molecular formula is C20H20F2N2O3. The van der Waals surface area contributed by atoms with Crippen LogP contribution in [-0.4, -0.2) is 49.9 Å². The molecule has 142 valence electrons. The zero-order valence-corrected chi connectivity index (χ0v) is 15.2. The van der Waals surface area contributed by atoms with Crippen LogP contribution in [0.5, 0.6) is 5.75 Å². The first kappa shape index (κ1) is 18.8. The van der Waals surface area contributed by atoms with Crippen LogP contribution in [0.4, 0.5) is 14.5 Å². The van der Waals surface area contributed by atoms with Crippen molar-refractivity contribution in [3.05, 3.63) is 59.2 Å². The molecule has 1 aliphatic heterocycles. The van der Waals surface area contributed by atoms with E-state index in [1.165, 1.54) is 32.2 Å². The number of benzene rings is 2. The maximum Gasteiger partial charge on any atom is 0.254 e. The number of hydrogen-bond donors (Lipinski definition) is 0. The molecule has 0 aromatic heterocycles. The molecule has 0 N–H and O–H groups in total. The Morgan fingerprint density at radius 1 is 0.926 bits per heavy atom. The number of hydrogen-bond acceptors (Lipinski definition) is 4. The second-order valence-electron chi connectivity index (χ2n) is 6.35. The lowest BCUT2D eigenvalue weighted by molar-refractivity contribution is 0.0745. The molecule has 5 nitrogen and oxygen atoms in total. The van der Waals surface area contributed by atoms with Crippen molar-refractivity contribution in [3.8, 4) is 5.75 Å². The number of anilines is 1. The van der Waals surface area contributed by atoms with Crippen molar-refractivity contribution in [3.63, 3.8) is 0 Å². The van der Waals surface area contributed by atoms with Crippen molar-refractivity contribution in [2.45, 2.75) is 6.92 Å². The van der Waals surface area contributed by atoms with Crippen LogP contribution in [0.25, 0.3) is 0 Å². The Bertz CT molecular complexity index is 878. The smallest absolute Gasteiger partial charge is 0.254 e. The fraction of sp³-hybridized carbons (Fsp3) is 0.300. The van der Waals surface area contributed by atoms with Crippen LogP contribution in [0.1, 0.15) is 27.6 Å². The monoisotopic (exact) mass is 374 g/mol. The summed E-state index contributed by atoms with van der Waals surface area (Å²) in [6, 6.07) is 8.52. The number of ketones is 1. The molecular weight excluding hydrogens is 354 g/mol. The summed E-state index contributed by atoms with van der Waals surface area (Å²) in [5, 5.41) is 0. The minimum atomic E-state index is -0.588. The molecule has 0 saturated carbocycles. The second kappa shape index (κ2) is 7.73. The highest BCUT2D eigenvalue weighted by Gasteiger charge is 2.24. The molecule has 2 aromatic rings. The molecule has 0 radical (unpaired) electrons. The topological polar surface area (TPSA) is 49.9 Å². The molecule has 0 aliphatic carbocycles. The third-order valence-electron chi connectivity index (χ3n) is 4.66. The molecule has 0 bridgehead atoms. The Hall–Kier alpha value is -2.96. The van der Waals surface area contributed by atoms with Gasteiger partial charge in [0.2, 0.25) is 0 Å². The molecule has 27 heavy (non-hydrogen) atoms. The predicted molar refractivity (Wildman–Crippen MR) is 97.5 cm³/mol. The zero-order valence-electron chi connectivity index (χ0n) is 15.2. The van der Waals surface area contributed by atoms with Crippen LogP contribution in [0, 0.1) is 11.6 Å². The van der Waals surface area contributed by atoms with Gasteiger partial charge in [-0.3, -0.25) is 9.59 Å². The molecule has 0 atom stereocenters. The summed E-state index contributed by atoms with van der Waals surface area (Å²) in [6.45, 7) is 3.06. The molecule has 1 saturated heterocycles. The number of amides is 1. The maximum atomic E-state index is 14.3. The van der Waals surface area contributed by atoms with Crippen molar-refractivity contribution >= 4 is 17.4 Å². The lowest BCUT2D eigenvalue weighted by Crippen LogP contribution is -2.49. The minimum absolute atomic E-state index is 0.0841. The van der Waals surface area contributed by atoms with Gasteiger partial charge in [0.05, 0.1) is 12.8 Å². The van der Waals surface area contributed by atoms with Crippen LogP contribution < -0.4 is 9.64 Å². The summed E-state index contributed by atoms with van der Waals surface area (Å²) in [6.07, 6.45) is 0. The first-order valence-corrected chi connectivity index (χ1v) is 8.59. The van der Waals surface area contributed by atoms with Gasteiger partial charge in [0.25, 0.3) is 5.91 Å². The van der Waals surface area contributed by atoms with E-state index in [1.54, 1.807) is 17.0 Å². The summed E-state index contributed by atoms with van der Waals surface area (Å²) in [4.78, 5) is 27.4. The third kappa shape index (κ3) is 3.92. The van der Waals surface area contributed by atoms with Gasteiger partial charge in [-0.15, -0.1) is 0 Å². The van der Waals surface area contributed by atoms with Gasteiger partial charge in [-0.25, -0.2) is 8.78 Å². The summed E-state index contributed by atoms with van der Waals surface area (Å²) in [7, 11) is 1.36. The van der Waals surface area contributed by atoms with Crippen LogP contribution in [0.2, 0.25) is 0 Å². The van der Waals surface area contributed by atoms with E-state index in [0.717, 1.165) is 6.07 Å². The number of carbonyl (C=O) groups excluding carboxylic acids is 2. The fourth-order valence-corrected chi connectivity index (χ4v) is 3.11. The van der Waals surface area contributed by atoms with Gasteiger partial charge in [-0.05, 0) is 43.3 Å². The number of carbonyl (C=O) groups is 2. The molecule has 1 fully saturated rings. The van der Waals surface area contributed by atoms with E-state index in [1.807, 2.05) is 4.90 Å². The Kier molecular flexibility index (Phi) is 5.39. The molecule has 3 rings (SSSR count). The fourth-order valence-electron chi connectivity index (χ4n) is 3.11. The molecule has 7 heteroatoms. The van der Waals surface area contributed by atoms with Gasteiger partial charge in [-0.1, -0.05) is 0 Å². The van der Waals surface area contributed by atoms with Gasteiger partial charge in [-0.2, -0.15) is 0 Å². The Morgan fingerprint density at radius 3 is 2.11 bits per heavy atom. The van der Waals surface area contributed by atoms with Crippen molar-refractivity contribution in [1.29, 1.82) is 0 Å². The van der Waals surface area contributed by atoms with Crippen molar-refractivity contribution in [2.75, 3.05) is 38.2 Å². The van der Waals surface area contributed by atoms with Gasteiger partial charge in [0.15, 0.2) is 17.3 Å². The van der Waals surface area contributed by atoms with E-state index in [4.69, 9.17) is 4.74 Å². The third-order valence-corrected chi connectivity index (χ3v) is 4.66. The Balaban J connectivity index is 1.67. The van der Waals surface area contributed by atoms with Crippen LogP contribution in [0.15, 0.2) is 36.4 Å². The minimum Gasteiger partial charge on any atom is -0.494 e. The average molecular weight is 374 g/mol. The second-order valence-corrected chi connectivity index (χ2v) is 6.35. The summed E-state index contributed by atoms with van der Waals surface area (Å²) < 4.78 is 33.0. The largest absolute Gasteiger partial charge is 0.494 e. The van der Waals surface area contributed by atoms with Crippen LogP contribution in [-0.2, 0) is 0 Å². The Labute approximate surface area is 156 Å². The lowest BCUT2D eigenvalue weighted by Gasteiger charge is -2.36. The average Bonchev–Trinajstić information content (AvgIpc) is 2.67. The predicted octanol–water partition coefficient (Wildman–Crippen LogP) is 3.14. The normalized spacial score (nSPS) is 14.2. The number of piperazine rings is 1. The summed E-state index contributed by atoms with van der Waals surface area (Å²) in [5.41, 5.74) is 0.980. The van der Waals surface area contributed by atoms with E-state index >= 15 is 0 Å². The van der Waals surface area contributed by atoms with E-state index in [2.05, 4.69) is 0 Å². The van der Waals surface area contributed by atoms with E-state index < -0.39 is 11.6 Å².